The zero-order valence-electron chi connectivity index (χ0n) is 20.2. The number of piperidine rings is 1. The summed E-state index contributed by atoms with van der Waals surface area (Å²) in [4.78, 5) is 4.57. The number of aliphatic hydroxyl groups excluding tert-OH is 1. The van der Waals surface area contributed by atoms with Crippen LogP contribution < -0.4 is 4.90 Å². The first-order valence-electron chi connectivity index (χ1n) is 12.5. The summed E-state index contributed by atoms with van der Waals surface area (Å²) in [6.07, 6.45) is 9.20. The van der Waals surface area contributed by atoms with Gasteiger partial charge in [-0.1, -0.05) is 48.3 Å². The van der Waals surface area contributed by atoms with E-state index in [2.05, 4.69) is 39.9 Å². The van der Waals surface area contributed by atoms with Crippen LogP contribution in [0.4, 0.5) is 5.88 Å². The van der Waals surface area contributed by atoms with Gasteiger partial charge in [-0.15, -0.1) is 6.42 Å². The minimum absolute atomic E-state index is 0.165. The molecule has 2 fully saturated rings. The summed E-state index contributed by atoms with van der Waals surface area (Å²) in [6.45, 7) is 7.25. The lowest BCUT2D eigenvalue weighted by Gasteiger charge is -2.32. The van der Waals surface area contributed by atoms with Crippen molar-refractivity contribution in [2.24, 2.45) is 5.92 Å². The van der Waals surface area contributed by atoms with Crippen molar-refractivity contribution in [1.82, 2.24) is 10.1 Å². The van der Waals surface area contributed by atoms with Crippen molar-refractivity contribution in [1.29, 1.82) is 0 Å². The van der Waals surface area contributed by atoms with Gasteiger partial charge in [0.15, 0.2) is 0 Å². The van der Waals surface area contributed by atoms with Crippen LogP contribution in [0.2, 0.25) is 0 Å². The van der Waals surface area contributed by atoms with Gasteiger partial charge in [0.1, 0.15) is 12.3 Å². The highest BCUT2D eigenvalue weighted by molar-refractivity contribution is 5.68. The Labute approximate surface area is 203 Å². The topological polar surface area (TPSA) is 71.2 Å². The molecule has 1 aromatic carbocycles. The molecule has 3 heterocycles. The van der Waals surface area contributed by atoms with Gasteiger partial charge < -0.3 is 24.0 Å². The number of aromatic nitrogens is 1. The molecule has 7 heteroatoms. The van der Waals surface area contributed by atoms with Crippen molar-refractivity contribution < 1.29 is 19.1 Å². The van der Waals surface area contributed by atoms with Crippen LogP contribution >= 0.6 is 0 Å². The molecule has 0 radical (unpaired) electrons. The molecule has 2 atom stereocenters. The highest BCUT2D eigenvalue weighted by Gasteiger charge is 2.29. The first-order chi connectivity index (χ1) is 16.6. The summed E-state index contributed by atoms with van der Waals surface area (Å²) in [5.41, 5.74) is 2.97. The van der Waals surface area contributed by atoms with E-state index in [-0.39, 0.29) is 19.3 Å². The fourth-order valence-corrected chi connectivity index (χ4v) is 4.83. The van der Waals surface area contributed by atoms with Crippen molar-refractivity contribution in [3.8, 4) is 23.6 Å². The molecule has 1 N–H and O–H groups in total. The van der Waals surface area contributed by atoms with E-state index in [1.54, 1.807) is 0 Å². The normalized spacial score (nSPS) is 20.1. The summed E-state index contributed by atoms with van der Waals surface area (Å²) in [5.74, 6) is 4.03. The molecule has 0 saturated carbocycles. The number of hydrogen-bond acceptors (Lipinski definition) is 7. The van der Waals surface area contributed by atoms with Gasteiger partial charge in [0.05, 0.1) is 24.4 Å². The maximum Gasteiger partial charge on any atom is 0.232 e. The van der Waals surface area contributed by atoms with Crippen LogP contribution in [0.25, 0.3) is 11.3 Å². The Hall–Kier alpha value is -2.37. The SMILES string of the molecule is C#CCOC[C@H](O)CN(Cc1c(-c2ccccc2)noc1N1CCC(C)CC1)C[C@@H]1CCCO1. The molecule has 4 rings (SSSR count). The maximum absolute atomic E-state index is 10.7. The van der Waals surface area contributed by atoms with Gasteiger partial charge in [0.25, 0.3) is 0 Å². The van der Waals surface area contributed by atoms with Gasteiger partial charge in [-0.3, -0.25) is 4.90 Å². The molecule has 0 amide bonds. The molecule has 2 saturated heterocycles. The van der Waals surface area contributed by atoms with Gasteiger partial charge in [-0.2, -0.15) is 0 Å². The standard InChI is InChI=1S/C27H37N3O4/c1-3-15-32-20-23(31)17-29(18-24-10-7-16-33-24)19-25-26(22-8-5-4-6-9-22)28-34-27(25)30-13-11-21(2)12-14-30/h1,4-6,8-9,21,23-24,31H,7,10-20H2,2H3/t23-,24+/m1/s1. The van der Waals surface area contributed by atoms with Crippen LogP contribution in [0, 0.1) is 18.3 Å². The van der Waals surface area contributed by atoms with Crippen molar-refractivity contribution in [3.63, 3.8) is 0 Å². The van der Waals surface area contributed by atoms with Crippen LogP contribution in [-0.4, -0.2) is 73.4 Å². The first kappa shape index (κ1) is 24.7. The van der Waals surface area contributed by atoms with E-state index in [1.165, 1.54) is 0 Å². The minimum atomic E-state index is -0.644. The maximum atomic E-state index is 10.7. The van der Waals surface area contributed by atoms with E-state index >= 15 is 0 Å². The summed E-state index contributed by atoms with van der Waals surface area (Å²) in [5, 5.41) is 15.2. The number of nitrogens with zero attached hydrogens (tertiary/aromatic N) is 3. The number of anilines is 1. The van der Waals surface area contributed by atoms with Crippen LogP contribution in [0.5, 0.6) is 0 Å². The van der Waals surface area contributed by atoms with Gasteiger partial charge in [0.2, 0.25) is 5.88 Å². The predicted molar refractivity (Wildman–Crippen MR) is 132 cm³/mol. The highest BCUT2D eigenvalue weighted by Crippen LogP contribution is 2.34. The molecule has 0 bridgehead atoms. The van der Waals surface area contributed by atoms with Gasteiger partial charge >= 0.3 is 0 Å². The Balaban J connectivity index is 1.58. The van der Waals surface area contributed by atoms with E-state index in [0.29, 0.717) is 13.1 Å². The lowest BCUT2D eigenvalue weighted by molar-refractivity contribution is 0.00958. The van der Waals surface area contributed by atoms with Gasteiger partial charge in [0, 0.05) is 44.9 Å². The monoisotopic (exact) mass is 467 g/mol. The Morgan fingerprint density at radius 2 is 2.06 bits per heavy atom. The third-order valence-electron chi connectivity index (χ3n) is 6.72. The highest BCUT2D eigenvalue weighted by atomic mass is 16.5. The van der Waals surface area contributed by atoms with E-state index in [4.69, 9.17) is 20.4 Å². The number of benzene rings is 1. The Bertz CT molecular complexity index is 912. The van der Waals surface area contributed by atoms with Gasteiger partial charge in [-0.25, -0.2) is 0 Å². The van der Waals surface area contributed by atoms with Crippen molar-refractivity contribution in [3.05, 3.63) is 35.9 Å². The molecule has 0 spiro atoms. The number of hydrogen-bond donors (Lipinski definition) is 1. The summed E-state index contributed by atoms with van der Waals surface area (Å²) in [6, 6.07) is 10.2. The third kappa shape index (κ3) is 6.61. The number of ether oxygens (including phenoxy) is 2. The number of aliphatic hydroxyl groups is 1. The second-order valence-corrected chi connectivity index (χ2v) is 9.55. The minimum Gasteiger partial charge on any atom is -0.389 e. The van der Waals surface area contributed by atoms with E-state index < -0.39 is 6.10 Å². The number of rotatable bonds is 11. The van der Waals surface area contributed by atoms with Crippen LogP contribution in [0.1, 0.15) is 38.2 Å². The molecule has 1 aromatic heterocycles. The van der Waals surface area contributed by atoms with Crippen molar-refractivity contribution in [2.45, 2.75) is 51.4 Å². The molecule has 7 nitrogen and oxygen atoms in total. The third-order valence-corrected chi connectivity index (χ3v) is 6.72. The van der Waals surface area contributed by atoms with E-state index in [1.807, 2.05) is 18.2 Å². The Morgan fingerprint density at radius 3 is 2.76 bits per heavy atom. The molecule has 184 valence electrons. The van der Waals surface area contributed by atoms with Crippen molar-refractivity contribution in [2.75, 3.05) is 50.9 Å². The zero-order chi connectivity index (χ0) is 23.8. The fraction of sp³-hybridized carbons (Fsp3) is 0.593. The molecular weight excluding hydrogens is 430 g/mol. The summed E-state index contributed by atoms with van der Waals surface area (Å²) >= 11 is 0. The molecule has 0 unspecified atom stereocenters. The molecule has 2 aliphatic heterocycles. The Kier molecular flexibility index (Phi) is 9.00. The second-order valence-electron chi connectivity index (χ2n) is 9.55. The zero-order valence-corrected chi connectivity index (χ0v) is 20.2. The number of terminal acetylenes is 1. The predicted octanol–water partition coefficient (Wildman–Crippen LogP) is 3.57. The first-order valence-corrected chi connectivity index (χ1v) is 12.5. The average molecular weight is 468 g/mol. The summed E-state index contributed by atoms with van der Waals surface area (Å²) < 4.78 is 17.3. The molecule has 2 aromatic rings. The summed E-state index contributed by atoms with van der Waals surface area (Å²) in [7, 11) is 0. The van der Waals surface area contributed by atoms with Gasteiger partial charge in [-0.05, 0) is 31.6 Å². The smallest absolute Gasteiger partial charge is 0.232 e. The van der Waals surface area contributed by atoms with Crippen LogP contribution in [-0.2, 0) is 16.0 Å². The lowest BCUT2D eigenvalue weighted by Crippen LogP contribution is -2.40. The molecular formula is C27H37N3O4. The van der Waals surface area contributed by atoms with E-state index in [0.717, 1.165) is 80.5 Å². The van der Waals surface area contributed by atoms with Crippen LogP contribution in [0.3, 0.4) is 0 Å². The quantitative estimate of drug-likeness (QED) is 0.400. The molecule has 2 aliphatic rings. The Morgan fingerprint density at radius 1 is 1.26 bits per heavy atom. The van der Waals surface area contributed by atoms with Crippen molar-refractivity contribution >= 4 is 5.88 Å². The largest absolute Gasteiger partial charge is 0.389 e. The molecule has 34 heavy (non-hydrogen) atoms. The molecule has 0 aliphatic carbocycles. The lowest BCUT2D eigenvalue weighted by atomic mass is 9.98. The van der Waals surface area contributed by atoms with E-state index in [9.17, 15) is 5.11 Å². The fourth-order valence-electron chi connectivity index (χ4n) is 4.83. The van der Waals surface area contributed by atoms with Crippen LogP contribution in [0.15, 0.2) is 34.9 Å². The average Bonchev–Trinajstić information content (AvgIpc) is 3.50. The second kappa shape index (κ2) is 12.4.